The number of piperidine rings is 1. The van der Waals surface area contributed by atoms with Gasteiger partial charge in [0.2, 0.25) is 0 Å². The molecule has 2 aromatic rings. The Kier molecular flexibility index (Phi) is 6.12. The van der Waals surface area contributed by atoms with E-state index in [2.05, 4.69) is 0 Å². The van der Waals surface area contributed by atoms with E-state index in [0.29, 0.717) is 31.5 Å². The molecule has 0 radical (unpaired) electrons. The van der Waals surface area contributed by atoms with Gasteiger partial charge in [-0.25, -0.2) is 4.39 Å². The summed E-state index contributed by atoms with van der Waals surface area (Å²) in [7, 11) is 0. The summed E-state index contributed by atoms with van der Waals surface area (Å²) in [5, 5.41) is 0. The first-order valence-electron chi connectivity index (χ1n) is 9.71. The zero-order chi connectivity index (χ0) is 20.1. The molecule has 1 aliphatic rings. The minimum atomic E-state index is -0.814. The van der Waals surface area contributed by atoms with Gasteiger partial charge in [-0.3, -0.25) is 9.59 Å². The molecule has 1 atom stereocenters. The number of benzene rings is 2. The van der Waals surface area contributed by atoms with Crippen LogP contribution in [0.25, 0.3) is 0 Å². The summed E-state index contributed by atoms with van der Waals surface area (Å²) in [5.41, 5.74) is 1.69. The maximum absolute atomic E-state index is 13.3. The molecular formula is C23H26FNO3. The van der Waals surface area contributed by atoms with Crippen LogP contribution in [0.1, 0.15) is 41.3 Å². The quantitative estimate of drug-likeness (QED) is 0.729. The summed E-state index contributed by atoms with van der Waals surface area (Å²) in [5.74, 6) is -0.675. The molecule has 0 spiro atoms. The average molecular weight is 383 g/mol. The van der Waals surface area contributed by atoms with E-state index in [9.17, 15) is 14.0 Å². The number of rotatable bonds is 5. The second-order valence-electron chi connectivity index (χ2n) is 7.50. The Labute approximate surface area is 165 Å². The molecule has 0 aromatic heterocycles. The number of amides is 1. The Morgan fingerprint density at radius 2 is 1.93 bits per heavy atom. The van der Waals surface area contributed by atoms with Gasteiger partial charge in [0.15, 0.2) is 0 Å². The van der Waals surface area contributed by atoms with Crippen LogP contribution in [0.2, 0.25) is 0 Å². The van der Waals surface area contributed by atoms with Crippen molar-refractivity contribution in [2.75, 3.05) is 19.7 Å². The number of halogens is 1. The van der Waals surface area contributed by atoms with Crippen LogP contribution in [0.15, 0.2) is 48.5 Å². The third-order valence-corrected chi connectivity index (χ3v) is 5.29. The molecular weight excluding hydrogens is 357 g/mol. The van der Waals surface area contributed by atoms with Gasteiger partial charge in [-0.05, 0) is 62.9 Å². The van der Waals surface area contributed by atoms with E-state index in [0.717, 1.165) is 17.5 Å². The fraction of sp³-hybridized carbons (Fsp3) is 0.391. The summed E-state index contributed by atoms with van der Waals surface area (Å²) in [6, 6.07) is 13.7. The van der Waals surface area contributed by atoms with E-state index in [1.165, 1.54) is 12.1 Å². The first kappa shape index (κ1) is 20.1. The molecule has 4 nitrogen and oxygen atoms in total. The van der Waals surface area contributed by atoms with Crippen LogP contribution in [-0.2, 0) is 16.0 Å². The molecule has 148 valence electrons. The lowest BCUT2D eigenvalue weighted by Crippen LogP contribution is -2.51. The van der Waals surface area contributed by atoms with Gasteiger partial charge >= 0.3 is 5.97 Å². The van der Waals surface area contributed by atoms with Crippen molar-refractivity contribution in [2.24, 2.45) is 5.41 Å². The molecule has 1 fully saturated rings. The number of carbonyl (C=O) groups is 2. The minimum Gasteiger partial charge on any atom is -0.466 e. The summed E-state index contributed by atoms with van der Waals surface area (Å²) >= 11 is 0. The third-order valence-electron chi connectivity index (χ3n) is 5.29. The van der Waals surface area contributed by atoms with Crippen molar-refractivity contribution in [2.45, 2.75) is 33.1 Å². The Hall–Kier alpha value is -2.69. The first-order valence-corrected chi connectivity index (χ1v) is 9.71. The normalized spacial score (nSPS) is 19.3. The standard InChI is InChI=1S/C23H26FNO3/c1-3-28-22(27)23(15-18-8-10-20(24)11-9-18)12-5-13-25(16-23)21(26)19-7-4-6-17(2)14-19/h4,6-11,14H,3,5,12-13,15-16H2,1-2H3/t23-/m1/s1. The van der Waals surface area contributed by atoms with E-state index in [1.54, 1.807) is 30.0 Å². The van der Waals surface area contributed by atoms with Gasteiger partial charge in [-0.2, -0.15) is 0 Å². The van der Waals surface area contributed by atoms with Crippen LogP contribution in [0.3, 0.4) is 0 Å². The largest absolute Gasteiger partial charge is 0.466 e. The van der Waals surface area contributed by atoms with E-state index in [-0.39, 0.29) is 24.3 Å². The number of hydrogen-bond donors (Lipinski definition) is 0. The lowest BCUT2D eigenvalue weighted by Gasteiger charge is -2.41. The predicted octanol–water partition coefficient (Wildman–Crippen LogP) is 4.16. The van der Waals surface area contributed by atoms with Crippen molar-refractivity contribution in [3.63, 3.8) is 0 Å². The molecule has 1 aliphatic heterocycles. The number of likely N-dealkylation sites (tertiary alicyclic amines) is 1. The molecule has 0 unspecified atom stereocenters. The monoisotopic (exact) mass is 383 g/mol. The lowest BCUT2D eigenvalue weighted by atomic mass is 9.75. The second kappa shape index (κ2) is 8.55. The Morgan fingerprint density at radius 3 is 2.61 bits per heavy atom. The summed E-state index contributed by atoms with van der Waals surface area (Å²) in [6.45, 7) is 4.93. The molecule has 3 rings (SSSR count). The molecule has 0 N–H and O–H groups in total. The van der Waals surface area contributed by atoms with Crippen molar-refractivity contribution in [3.8, 4) is 0 Å². The van der Waals surface area contributed by atoms with Gasteiger partial charge in [0.05, 0.1) is 12.0 Å². The van der Waals surface area contributed by atoms with Crippen LogP contribution in [-0.4, -0.2) is 36.5 Å². The van der Waals surface area contributed by atoms with Crippen LogP contribution < -0.4 is 0 Å². The number of ether oxygens (including phenoxy) is 1. The van der Waals surface area contributed by atoms with Gasteiger partial charge in [-0.1, -0.05) is 29.8 Å². The van der Waals surface area contributed by atoms with Crippen LogP contribution in [0.5, 0.6) is 0 Å². The van der Waals surface area contributed by atoms with Gasteiger partial charge in [-0.15, -0.1) is 0 Å². The fourth-order valence-electron chi connectivity index (χ4n) is 3.93. The molecule has 28 heavy (non-hydrogen) atoms. The molecule has 0 aliphatic carbocycles. The van der Waals surface area contributed by atoms with Gasteiger partial charge in [0.25, 0.3) is 5.91 Å². The lowest BCUT2D eigenvalue weighted by molar-refractivity contribution is -0.158. The van der Waals surface area contributed by atoms with E-state index in [1.807, 2.05) is 25.1 Å². The Balaban J connectivity index is 1.87. The SMILES string of the molecule is CCOC(=O)[C@@]1(Cc2ccc(F)cc2)CCCN(C(=O)c2cccc(C)c2)C1. The smallest absolute Gasteiger partial charge is 0.314 e. The molecule has 2 aromatic carbocycles. The molecule has 0 bridgehead atoms. The van der Waals surface area contributed by atoms with E-state index >= 15 is 0 Å². The summed E-state index contributed by atoms with van der Waals surface area (Å²) in [4.78, 5) is 27.7. The van der Waals surface area contributed by atoms with E-state index in [4.69, 9.17) is 4.74 Å². The van der Waals surface area contributed by atoms with Crippen molar-refractivity contribution in [1.29, 1.82) is 0 Å². The van der Waals surface area contributed by atoms with Gasteiger partial charge in [0, 0.05) is 18.7 Å². The van der Waals surface area contributed by atoms with Crippen molar-refractivity contribution in [1.82, 2.24) is 4.90 Å². The second-order valence-corrected chi connectivity index (χ2v) is 7.50. The van der Waals surface area contributed by atoms with Crippen molar-refractivity contribution in [3.05, 3.63) is 71.0 Å². The van der Waals surface area contributed by atoms with Gasteiger partial charge < -0.3 is 9.64 Å². The number of esters is 1. The van der Waals surface area contributed by atoms with E-state index < -0.39 is 5.41 Å². The van der Waals surface area contributed by atoms with Crippen LogP contribution in [0.4, 0.5) is 4.39 Å². The van der Waals surface area contributed by atoms with Crippen molar-refractivity contribution >= 4 is 11.9 Å². The predicted molar refractivity (Wildman–Crippen MR) is 105 cm³/mol. The third kappa shape index (κ3) is 4.41. The topological polar surface area (TPSA) is 46.6 Å². The number of carbonyl (C=O) groups excluding carboxylic acids is 2. The summed E-state index contributed by atoms with van der Waals surface area (Å²) in [6.07, 6.45) is 1.78. The number of hydrogen-bond acceptors (Lipinski definition) is 3. The van der Waals surface area contributed by atoms with Crippen LogP contribution in [0, 0.1) is 18.2 Å². The van der Waals surface area contributed by atoms with Gasteiger partial charge in [0.1, 0.15) is 5.82 Å². The number of nitrogens with zero attached hydrogens (tertiary/aromatic N) is 1. The molecule has 1 saturated heterocycles. The summed E-state index contributed by atoms with van der Waals surface area (Å²) < 4.78 is 18.7. The minimum absolute atomic E-state index is 0.0730. The highest BCUT2D eigenvalue weighted by atomic mass is 19.1. The number of aryl methyl sites for hydroxylation is 1. The highest BCUT2D eigenvalue weighted by molar-refractivity contribution is 5.95. The van der Waals surface area contributed by atoms with Crippen molar-refractivity contribution < 1.29 is 18.7 Å². The highest BCUT2D eigenvalue weighted by Gasteiger charge is 2.44. The molecule has 0 saturated carbocycles. The Morgan fingerprint density at radius 1 is 1.18 bits per heavy atom. The maximum Gasteiger partial charge on any atom is 0.314 e. The zero-order valence-electron chi connectivity index (χ0n) is 16.4. The van der Waals surface area contributed by atoms with Crippen LogP contribution >= 0.6 is 0 Å². The molecule has 1 heterocycles. The Bertz CT molecular complexity index is 849. The molecule has 1 amide bonds. The maximum atomic E-state index is 13.3. The molecule has 5 heteroatoms. The highest BCUT2D eigenvalue weighted by Crippen LogP contribution is 2.36. The first-order chi connectivity index (χ1) is 13.4. The average Bonchev–Trinajstić information content (AvgIpc) is 2.69. The fourth-order valence-corrected chi connectivity index (χ4v) is 3.93. The zero-order valence-corrected chi connectivity index (χ0v) is 16.4.